The SMILES string of the molecule is Cc1ccc(N(C)c2nc(C)c(-c3ccnc(Nc4ccc(F)cc4)n3)s2)cc1. The van der Waals surface area contributed by atoms with Crippen LogP contribution in [0.4, 0.5) is 26.8 Å². The lowest BCUT2D eigenvalue weighted by Crippen LogP contribution is -2.08. The highest BCUT2D eigenvalue weighted by atomic mass is 32.1. The van der Waals surface area contributed by atoms with Crippen molar-refractivity contribution in [2.45, 2.75) is 13.8 Å². The first-order valence-electron chi connectivity index (χ1n) is 9.13. The molecule has 2 heterocycles. The van der Waals surface area contributed by atoms with Crippen LogP contribution in [0.25, 0.3) is 10.6 Å². The Morgan fingerprint density at radius 1 is 0.931 bits per heavy atom. The normalized spacial score (nSPS) is 10.8. The minimum Gasteiger partial charge on any atom is -0.324 e. The van der Waals surface area contributed by atoms with E-state index in [9.17, 15) is 4.39 Å². The predicted molar refractivity (Wildman–Crippen MR) is 117 cm³/mol. The smallest absolute Gasteiger partial charge is 0.227 e. The monoisotopic (exact) mass is 405 g/mol. The number of nitrogens with one attached hydrogen (secondary N) is 1. The third-order valence-corrected chi connectivity index (χ3v) is 5.74. The Labute approximate surface area is 172 Å². The summed E-state index contributed by atoms with van der Waals surface area (Å²) in [6, 6.07) is 16.3. The van der Waals surface area contributed by atoms with Crippen LogP contribution in [0.3, 0.4) is 0 Å². The van der Waals surface area contributed by atoms with Crippen molar-refractivity contribution in [1.82, 2.24) is 15.0 Å². The van der Waals surface area contributed by atoms with Crippen LogP contribution in [0.15, 0.2) is 60.8 Å². The molecule has 4 rings (SSSR count). The van der Waals surface area contributed by atoms with Crippen LogP contribution in [0.1, 0.15) is 11.3 Å². The molecule has 5 nitrogen and oxygen atoms in total. The fourth-order valence-electron chi connectivity index (χ4n) is 2.85. The summed E-state index contributed by atoms with van der Waals surface area (Å²) in [5.41, 5.74) is 4.74. The Balaban J connectivity index is 1.60. The van der Waals surface area contributed by atoms with Crippen molar-refractivity contribution in [1.29, 1.82) is 0 Å². The van der Waals surface area contributed by atoms with E-state index in [-0.39, 0.29) is 5.82 Å². The van der Waals surface area contributed by atoms with Gasteiger partial charge in [-0.2, -0.15) is 0 Å². The molecule has 0 aliphatic carbocycles. The summed E-state index contributed by atoms with van der Waals surface area (Å²) in [5, 5.41) is 4.00. The number of hydrogen-bond acceptors (Lipinski definition) is 6. The molecule has 4 aromatic rings. The summed E-state index contributed by atoms with van der Waals surface area (Å²) >= 11 is 1.58. The highest BCUT2D eigenvalue weighted by Crippen LogP contribution is 2.36. The van der Waals surface area contributed by atoms with Gasteiger partial charge in [0.1, 0.15) is 5.82 Å². The van der Waals surface area contributed by atoms with Crippen molar-refractivity contribution >= 4 is 33.8 Å². The zero-order valence-corrected chi connectivity index (χ0v) is 17.2. The number of rotatable bonds is 5. The van der Waals surface area contributed by atoms with Crippen molar-refractivity contribution in [3.05, 3.63) is 77.9 Å². The molecule has 1 N–H and O–H groups in total. The van der Waals surface area contributed by atoms with Crippen molar-refractivity contribution in [3.63, 3.8) is 0 Å². The molecule has 0 aliphatic rings. The minimum atomic E-state index is -0.282. The fraction of sp³-hybridized carbons (Fsp3) is 0.136. The molecule has 0 radical (unpaired) electrons. The van der Waals surface area contributed by atoms with Crippen molar-refractivity contribution in [2.24, 2.45) is 0 Å². The van der Waals surface area contributed by atoms with E-state index in [4.69, 9.17) is 4.98 Å². The predicted octanol–water partition coefficient (Wildman–Crippen LogP) is 5.87. The van der Waals surface area contributed by atoms with E-state index in [1.54, 1.807) is 29.7 Å². The maximum Gasteiger partial charge on any atom is 0.227 e. The number of aromatic nitrogens is 3. The van der Waals surface area contributed by atoms with E-state index in [0.717, 1.165) is 32.8 Å². The molecule has 0 amide bonds. The second-order valence-corrected chi connectivity index (χ2v) is 7.68. The first-order valence-corrected chi connectivity index (χ1v) is 9.95. The van der Waals surface area contributed by atoms with Gasteiger partial charge in [-0.15, -0.1) is 0 Å². The maximum absolute atomic E-state index is 13.1. The molecule has 0 aliphatic heterocycles. The Morgan fingerprint density at radius 2 is 1.66 bits per heavy atom. The number of halogens is 1. The third-order valence-electron chi connectivity index (χ3n) is 4.48. The van der Waals surface area contributed by atoms with E-state index in [2.05, 4.69) is 51.4 Å². The van der Waals surface area contributed by atoms with Gasteiger partial charge < -0.3 is 10.2 Å². The van der Waals surface area contributed by atoms with Crippen molar-refractivity contribution in [2.75, 3.05) is 17.3 Å². The van der Waals surface area contributed by atoms with E-state index in [1.165, 1.54) is 17.7 Å². The van der Waals surface area contributed by atoms with Gasteiger partial charge in [-0.1, -0.05) is 29.0 Å². The lowest BCUT2D eigenvalue weighted by molar-refractivity contribution is 0.628. The van der Waals surface area contributed by atoms with Gasteiger partial charge in [-0.3, -0.25) is 0 Å². The van der Waals surface area contributed by atoms with Gasteiger partial charge in [-0.25, -0.2) is 19.3 Å². The number of nitrogens with zero attached hydrogens (tertiary/aromatic N) is 4. The molecule has 0 bridgehead atoms. The number of aryl methyl sites for hydroxylation is 2. The van der Waals surface area contributed by atoms with E-state index in [1.807, 2.05) is 20.0 Å². The van der Waals surface area contributed by atoms with Gasteiger partial charge in [0.2, 0.25) is 5.95 Å². The summed E-state index contributed by atoms with van der Waals surface area (Å²) in [6.45, 7) is 4.05. The highest BCUT2D eigenvalue weighted by Gasteiger charge is 2.15. The standard InChI is InChI=1S/C22H20FN5S/c1-14-4-10-18(11-5-14)28(3)22-25-15(2)20(29-22)19-12-13-24-21(27-19)26-17-8-6-16(23)7-9-17/h4-13H,1-3H3,(H,24,26,27). The molecule has 0 spiro atoms. The largest absolute Gasteiger partial charge is 0.324 e. The van der Waals surface area contributed by atoms with Crippen LogP contribution >= 0.6 is 11.3 Å². The van der Waals surface area contributed by atoms with Gasteiger partial charge in [0.25, 0.3) is 0 Å². The Bertz CT molecular complexity index is 1120. The summed E-state index contributed by atoms with van der Waals surface area (Å²) < 4.78 is 13.1. The third kappa shape index (κ3) is 4.25. The topological polar surface area (TPSA) is 53.9 Å². The van der Waals surface area contributed by atoms with Crippen LogP contribution < -0.4 is 10.2 Å². The summed E-state index contributed by atoms with van der Waals surface area (Å²) in [7, 11) is 2.01. The maximum atomic E-state index is 13.1. The van der Waals surface area contributed by atoms with Crippen LogP contribution in [-0.4, -0.2) is 22.0 Å². The van der Waals surface area contributed by atoms with Gasteiger partial charge in [0.05, 0.1) is 16.3 Å². The second kappa shape index (κ2) is 7.97. The molecule has 2 aromatic heterocycles. The molecule has 7 heteroatoms. The molecule has 29 heavy (non-hydrogen) atoms. The van der Waals surface area contributed by atoms with Crippen LogP contribution in [0.2, 0.25) is 0 Å². The molecule has 0 fully saturated rings. The molecule has 0 saturated carbocycles. The lowest BCUT2D eigenvalue weighted by Gasteiger charge is -2.15. The van der Waals surface area contributed by atoms with E-state index in [0.29, 0.717) is 5.95 Å². The molecular formula is C22H20FN5S. The molecule has 0 atom stereocenters. The van der Waals surface area contributed by atoms with Gasteiger partial charge in [0, 0.05) is 24.6 Å². The van der Waals surface area contributed by atoms with Crippen molar-refractivity contribution in [3.8, 4) is 10.6 Å². The quantitative estimate of drug-likeness (QED) is 0.450. The number of thiazole rings is 1. The van der Waals surface area contributed by atoms with Crippen molar-refractivity contribution < 1.29 is 4.39 Å². The minimum absolute atomic E-state index is 0.282. The van der Waals surface area contributed by atoms with Crippen LogP contribution in [0.5, 0.6) is 0 Å². The second-order valence-electron chi connectivity index (χ2n) is 6.70. The molecule has 146 valence electrons. The summed E-state index contributed by atoms with van der Waals surface area (Å²) in [5.74, 6) is 0.172. The van der Waals surface area contributed by atoms with Gasteiger partial charge in [-0.05, 0) is 56.3 Å². The van der Waals surface area contributed by atoms with Crippen LogP contribution in [0, 0.1) is 19.7 Å². The molecule has 0 saturated heterocycles. The van der Waals surface area contributed by atoms with Gasteiger partial charge in [0.15, 0.2) is 5.13 Å². The van der Waals surface area contributed by atoms with E-state index >= 15 is 0 Å². The molecule has 0 unspecified atom stereocenters. The number of benzene rings is 2. The van der Waals surface area contributed by atoms with Crippen LogP contribution in [-0.2, 0) is 0 Å². The zero-order valence-electron chi connectivity index (χ0n) is 16.3. The zero-order chi connectivity index (χ0) is 20.4. The lowest BCUT2D eigenvalue weighted by atomic mass is 10.2. The summed E-state index contributed by atoms with van der Waals surface area (Å²) in [4.78, 5) is 16.7. The highest BCUT2D eigenvalue weighted by molar-refractivity contribution is 7.19. The fourth-order valence-corrected chi connectivity index (χ4v) is 3.87. The Hall–Kier alpha value is -3.32. The first-order chi connectivity index (χ1) is 14.0. The molecular weight excluding hydrogens is 385 g/mol. The first kappa shape index (κ1) is 19.0. The average molecular weight is 406 g/mol. The Morgan fingerprint density at radius 3 is 2.38 bits per heavy atom. The Kier molecular flexibility index (Phi) is 5.22. The number of anilines is 4. The summed E-state index contributed by atoms with van der Waals surface area (Å²) in [6.07, 6.45) is 1.71. The average Bonchev–Trinajstić information content (AvgIpc) is 3.12. The number of hydrogen-bond donors (Lipinski definition) is 1. The molecule has 2 aromatic carbocycles. The van der Waals surface area contributed by atoms with E-state index < -0.39 is 0 Å². The van der Waals surface area contributed by atoms with Gasteiger partial charge >= 0.3 is 0 Å².